The zero-order valence-corrected chi connectivity index (χ0v) is 39.4. The van der Waals surface area contributed by atoms with Crippen molar-refractivity contribution in [2.45, 2.75) is 79.2 Å². The van der Waals surface area contributed by atoms with E-state index >= 15 is 0 Å². The molecular weight excluding hydrogens is 848 g/mol. The van der Waals surface area contributed by atoms with Gasteiger partial charge in [-0.05, 0) is 57.0 Å². The average Bonchev–Trinajstić information content (AvgIpc) is 3.22. The lowest BCUT2D eigenvalue weighted by atomic mass is 9.82. The molecule has 0 aliphatic rings. The highest BCUT2D eigenvalue weighted by molar-refractivity contribution is 6.84. The summed E-state index contributed by atoms with van der Waals surface area (Å²) in [7, 11) is -9.87. The molecule has 0 amide bonds. The van der Waals surface area contributed by atoms with E-state index in [0.29, 0.717) is 6.32 Å². The first-order valence-electron chi connectivity index (χ1n) is 19.9. The second-order valence-electron chi connectivity index (χ2n) is 14.8. The molecule has 23 heteroatoms. The summed E-state index contributed by atoms with van der Waals surface area (Å²) in [6.07, 6.45) is 7.86. The molecule has 0 radical (unpaired) electrons. The van der Waals surface area contributed by atoms with Crippen LogP contribution >= 0.6 is 0 Å². The van der Waals surface area contributed by atoms with Crippen molar-refractivity contribution < 1.29 is 75.1 Å². The largest absolute Gasteiger partial charge is 0.545 e. The maximum atomic E-state index is 8.66. The van der Waals surface area contributed by atoms with Crippen molar-refractivity contribution >= 4 is 57.9 Å². The van der Waals surface area contributed by atoms with E-state index in [1.165, 1.54) is 0 Å². The van der Waals surface area contributed by atoms with Gasteiger partial charge in [-0.15, -0.1) is 23.8 Å². The summed E-state index contributed by atoms with van der Waals surface area (Å²) >= 11 is 0. The van der Waals surface area contributed by atoms with E-state index < -0.39 is 57.9 Å². The number of terminal acetylenes is 1. The first kappa shape index (κ1) is 67.0. The van der Waals surface area contributed by atoms with Crippen molar-refractivity contribution in [3.63, 3.8) is 0 Å². The fourth-order valence-corrected chi connectivity index (χ4v) is 4.02. The van der Waals surface area contributed by atoms with Gasteiger partial charge in [0.15, 0.2) is 0 Å². The minimum atomic E-state index is -1.59. The van der Waals surface area contributed by atoms with Crippen molar-refractivity contribution in [3.05, 3.63) is 102 Å². The second-order valence-corrected chi connectivity index (χ2v) is 19.6. The Morgan fingerprint density at radius 2 is 0.985 bits per heavy atom. The van der Waals surface area contributed by atoms with Crippen molar-refractivity contribution in [2.75, 3.05) is 7.11 Å². The van der Waals surface area contributed by atoms with Gasteiger partial charge in [-0.1, -0.05) is 134 Å². The van der Waals surface area contributed by atoms with Gasteiger partial charge in [-0.2, -0.15) is 0 Å². The topological polar surface area (TPSA) is 292 Å². The molecule has 0 bridgehead atoms. The predicted octanol–water partition coefficient (Wildman–Crippen LogP) is -0.708. The Hall–Kier alpha value is -4.63. The van der Waals surface area contributed by atoms with Gasteiger partial charge in [0.2, 0.25) is 0 Å². The zero-order valence-electron chi connectivity index (χ0n) is 38.4. The summed E-state index contributed by atoms with van der Waals surface area (Å²) in [5.74, 6) is 19.3. The van der Waals surface area contributed by atoms with E-state index in [0.717, 1.165) is 41.7 Å². The summed E-state index contributed by atoms with van der Waals surface area (Å²) in [6, 6.07) is 25.7. The Kier molecular flexibility index (Phi) is 43.3. The number of hydrogen-bond acceptors (Lipinski definition) is 15. The lowest BCUT2D eigenvalue weighted by molar-refractivity contribution is 0.403. The number of rotatable bonds is 7. The monoisotopic (exact) mass is 912 g/mol. The van der Waals surface area contributed by atoms with Crippen LogP contribution in [0.5, 0.6) is 5.75 Å². The van der Waals surface area contributed by atoms with Crippen LogP contribution in [-0.4, -0.2) is 135 Å². The molecule has 0 atom stereocenters. The van der Waals surface area contributed by atoms with Gasteiger partial charge in [0, 0.05) is 30.0 Å². The Morgan fingerprint density at radius 3 is 1.29 bits per heavy atom. The highest BCUT2D eigenvalue weighted by atomic mass is 28.3. The zero-order chi connectivity index (χ0) is 50.9. The van der Waals surface area contributed by atoms with Crippen LogP contribution in [-0.2, 0) is 12.6 Å². The van der Waals surface area contributed by atoms with Gasteiger partial charge in [-0.25, -0.2) is 0 Å². The normalized spacial score (nSPS) is 8.88. The maximum absolute atomic E-state index is 8.66. The van der Waals surface area contributed by atoms with Crippen LogP contribution in [0.4, 0.5) is 0 Å². The molecule has 15 nitrogen and oxygen atoms in total. The quantitative estimate of drug-likeness (QED) is 0.0792. The lowest BCUT2D eigenvalue weighted by Crippen LogP contribution is -2.19. The van der Waals surface area contributed by atoms with Crippen molar-refractivity contribution in [1.82, 2.24) is 0 Å². The summed E-state index contributed by atoms with van der Waals surface area (Å²) in [6.45, 7) is 13.9. The first-order chi connectivity index (χ1) is 30.2. The van der Waals surface area contributed by atoms with Crippen LogP contribution in [0, 0.1) is 64.2 Å². The highest BCUT2D eigenvalue weighted by Crippen LogP contribution is 2.12. The molecule has 0 heterocycles. The molecular formula is C42H63B7O15Si. The number of methoxy groups -OCH3 is 1. The van der Waals surface area contributed by atoms with Crippen molar-refractivity contribution in [3.8, 4) is 64.6 Å². The standard InChI is InChI=1S/C8H11BO3.C8H7BO2.C7H9BO2.2C6H11BO2.C5H11BO2Si.C2H3BO2/c1-12-8-4-2-7(3-5-8)6-9(10)11;10-9(11)7-6-8-4-2-1-3-5-8;9-8(10)6-7-4-2-1-3-5-7;1-6(2,3)4-5-7(8)9;1-2-3-4-5-6-7(8)9;1-9(2,3)5-4-6(7)8;1-2-3(4)5/h2-5,10-11H,6H2,1H3;1-5,10-11H;1-5,9-10H,6H2;8-9H,1-3H3;8-9H,2-4H2,1H3;7-8H,1-3H3;1,4-5H. The number of unbranched alkanes of at least 4 members (excludes halogenated alkanes) is 2. The van der Waals surface area contributed by atoms with Crippen molar-refractivity contribution in [1.29, 1.82) is 0 Å². The maximum Gasteiger partial charge on any atom is 0.545 e. The molecule has 3 rings (SSSR count). The number of hydrogen-bond donors (Lipinski definition) is 14. The van der Waals surface area contributed by atoms with E-state index in [2.05, 4.69) is 59.9 Å². The average molecular weight is 912 g/mol. The molecule has 14 N–H and O–H groups in total. The minimum absolute atomic E-state index is 0.149. The Morgan fingerprint density at radius 1 is 0.569 bits per heavy atom. The van der Waals surface area contributed by atoms with Gasteiger partial charge in [0.25, 0.3) is 0 Å². The Balaban J connectivity index is -0.000000338. The fourth-order valence-electron chi connectivity index (χ4n) is 3.46. The van der Waals surface area contributed by atoms with Crippen LogP contribution in [0.1, 0.15) is 63.6 Å². The van der Waals surface area contributed by atoms with Gasteiger partial charge in [0.1, 0.15) is 13.8 Å². The second kappa shape index (κ2) is 42.0. The third-order valence-corrected chi connectivity index (χ3v) is 7.04. The Bertz CT molecular complexity index is 1860. The molecule has 3 aromatic rings. The van der Waals surface area contributed by atoms with Crippen LogP contribution in [0.3, 0.4) is 0 Å². The van der Waals surface area contributed by atoms with E-state index in [1.807, 2.05) is 88.9 Å². The fraction of sp³-hybridized carbons (Fsp3) is 0.333. The third kappa shape index (κ3) is 61.5. The molecule has 0 fully saturated rings. The molecule has 0 aliphatic carbocycles. The predicted molar refractivity (Wildman–Crippen MR) is 266 cm³/mol. The summed E-state index contributed by atoms with van der Waals surface area (Å²) < 4.78 is 4.95. The molecule has 0 aromatic heterocycles. The summed E-state index contributed by atoms with van der Waals surface area (Å²) in [5.41, 5.74) is 5.26. The minimum Gasteiger partial charge on any atom is -0.497 e. The van der Waals surface area contributed by atoms with Gasteiger partial charge in [-0.3, -0.25) is 0 Å². The Labute approximate surface area is 389 Å². The molecule has 0 unspecified atom stereocenters. The number of ether oxygens (including phenoxy) is 1. The van der Waals surface area contributed by atoms with E-state index in [4.69, 9.17) is 75.1 Å². The molecule has 65 heavy (non-hydrogen) atoms. The van der Waals surface area contributed by atoms with Gasteiger partial charge in [0.05, 0.1) is 7.11 Å². The SMILES string of the molecule is C#CB(O)O.CC(C)(C)C#CB(O)O.CCCCC#CB(O)O.COc1ccc(CB(O)O)cc1.C[Si](C)(C)C#CB(O)O.OB(O)C#Cc1ccccc1.OB(O)Cc1ccccc1. The van der Waals surface area contributed by atoms with E-state index in [1.54, 1.807) is 49.3 Å². The first-order valence-corrected chi connectivity index (χ1v) is 23.4. The molecule has 346 valence electrons. The lowest BCUT2D eigenvalue weighted by Gasteiger charge is -2.06. The molecule has 0 aliphatic heterocycles. The number of benzene rings is 3. The van der Waals surface area contributed by atoms with E-state index in [9.17, 15) is 0 Å². The van der Waals surface area contributed by atoms with Crippen LogP contribution in [0.25, 0.3) is 0 Å². The molecule has 3 aromatic carbocycles. The molecule has 0 saturated carbocycles. The van der Waals surface area contributed by atoms with Gasteiger partial charge < -0.3 is 75.1 Å². The summed E-state index contributed by atoms with van der Waals surface area (Å²) in [4.78, 5) is 0. The molecule has 0 saturated heterocycles. The highest BCUT2D eigenvalue weighted by Gasteiger charge is 2.10. The summed E-state index contributed by atoms with van der Waals surface area (Å²) in [5, 5.41) is 116. The smallest absolute Gasteiger partial charge is 0.497 e. The van der Waals surface area contributed by atoms with Crippen LogP contribution in [0.2, 0.25) is 19.6 Å². The van der Waals surface area contributed by atoms with Crippen molar-refractivity contribution in [2.24, 2.45) is 5.41 Å². The van der Waals surface area contributed by atoms with Gasteiger partial charge >= 0.3 is 49.8 Å². The van der Waals surface area contributed by atoms with E-state index in [-0.39, 0.29) is 11.7 Å². The van der Waals surface area contributed by atoms with Crippen LogP contribution < -0.4 is 4.74 Å². The van der Waals surface area contributed by atoms with Crippen LogP contribution in [0.15, 0.2) is 84.9 Å². The molecule has 0 spiro atoms. The third-order valence-electron chi connectivity index (χ3n) is 6.15.